The second kappa shape index (κ2) is 8.03. The highest BCUT2D eigenvalue weighted by Crippen LogP contribution is 2.32. The molecule has 0 saturated carbocycles. The largest absolute Gasteiger partial charge is 0.489 e. The van der Waals surface area contributed by atoms with Gasteiger partial charge in [-0.05, 0) is 38.1 Å². The Labute approximate surface area is 148 Å². The summed E-state index contributed by atoms with van der Waals surface area (Å²) < 4.78 is 49.4. The van der Waals surface area contributed by atoms with Crippen molar-refractivity contribution in [2.24, 2.45) is 0 Å². The van der Waals surface area contributed by atoms with Gasteiger partial charge < -0.3 is 9.47 Å². The van der Waals surface area contributed by atoms with E-state index in [-0.39, 0.29) is 41.4 Å². The van der Waals surface area contributed by atoms with Gasteiger partial charge in [0.05, 0.1) is 17.7 Å². The molecule has 7 heteroatoms. The van der Waals surface area contributed by atoms with Crippen LogP contribution in [0.15, 0.2) is 42.5 Å². The number of Topliss-reactive ketones (excluding diaryl/α,β-unsaturated/α-hetero) is 1. The van der Waals surface area contributed by atoms with Gasteiger partial charge in [-0.25, -0.2) is 4.79 Å². The zero-order chi connectivity index (χ0) is 19.3. The Morgan fingerprint density at radius 3 is 2.35 bits per heavy atom. The molecule has 0 bridgehead atoms. The van der Waals surface area contributed by atoms with Crippen LogP contribution < -0.4 is 4.74 Å². The number of ether oxygens (including phenoxy) is 2. The average molecular weight is 366 g/mol. The Hall–Kier alpha value is -2.83. The lowest BCUT2D eigenvalue weighted by atomic mass is 10.0. The van der Waals surface area contributed by atoms with Crippen molar-refractivity contribution in [1.82, 2.24) is 0 Å². The number of halogens is 3. The number of ketones is 1. The van der Waals surface area contributed by atoms with Gasteiger partial charge in [0.15, 0.2) is 5.78 Å². The van der Waals surface area contributed by atoms with Crippen molar-refractivity contribution in [2.75, 3.05) is 6.61 Å². The molecule has 0 aliphatic rings. The van der Waals surface area contributed by atoms with Crippen LogP contribution in [0.3, 0.4) is 0 Å². The van der Waals surface area contributed by atoms with E-state index in [0.29, 0.717) is 0 Å². The van der Waals surface area contributed by atoms with E-state index in [1.807, 2.05) is 0 Å². The molecule has 2 rings (SSSR count). The van der Waals surface area contributed by atoms with E-state index < -0.39 is 17.7 Å². The molecule has 0 atom stereocenters. The molecule has 0 unspecified atom stereocenters. The Balaban J connectivity index is 2.28. The van der Waals surface area contributed by atoms with Gasteiger partial charge in [-0.15, -0.1) is 0 Å². The van der Waals surface area contributed by atoms with E-state index in [0.717, 1.165) is 6.07 Å². The first-order chi connectivity index (χ1) is 12.2. The fraction of sp³-hybridized carbons (Fsp3) is 0.263. The molecule has 4 nitrogen and oxygen atoms in total. The monoisotopic (exact) mass is 366 g/mol. The number of rotatable bonds is 6. The van der Waals surface area contributed by atoms with Gasteiger partial charge in [0, 0.05) is 11.1 Å². The number of carbonyl (C=O) groups excluding carboxylic acids is 2. The molecule has 0 saturated heterocycles. The fourth-order valence-corrected chi connectivity index (χ4v) is 2.38. The molecule has 0 amide bonds. The van der Waals surface area contributed by atoms with Crippen LogP contribution in [0.4, 0.5) is 13.2 Å². The first kappa shape index (κ1) is 19.5. The molecule has 0 aliphatic carbocycles. The van der Waals surface area contributed by atoms with Gasteiger partial charge in [0.1, 0.15) is 12.4 Å². The normalized spacial score (nSPS) is 11.1. The Morgan fingerprint density at radius 1 is 1.04 bits per heavy atom. The molecule has 2 aromatic carbocycles. The minimum absolute atomic E-state index is 0.0148. The van der Waals surface area contributed by atoms with E-state index in [4.69, 9.17) is 9.47 Å². The Bertz CT molecular complexity index is 813. The maximum absolute atomic E-state index is 13.0. The van der Waals surface area contributed by atoms with E-state index in [9.17, 15) is 22.8 Å². The lowest BCUT2D eigenvalue weighted by molar-refractivity contribution is -0.138. The Kier molecular flexibility index (Phi) is 6.02. The minimum Gasteiger partial charge on any atom is -0.489 e. The molecule has 0 radical (unpaired) electrons. The van der Waals surface area contributed by atoms with Crippen molar-refractivity contribution in [3.05, 3.63) is 64.7 Å². The maximum atomic E-state index is 13.0. The first-order valence-corrected chi connectivity index (χ1v) is 7.84. The summed E-state index contributed by atoms with van der Waals surface area (Å²) in [6, 6.07) is 9.18. The molecule has 2 aromatic rings. The van der Waals surface area contributed by atoms with E-state index in [1.54, 1.807) is 6.92 Å². The smallest absolute Gasteiger partial charge is 0.416 e. The fourth-order valence-electron chi connectivity index (χ4n) is 2.38. The zero-order valence-corrected chi connectivity index (χ0v) is 14.2. The van der Waals surface area contributed by atoms with Crippen LogP contribution in [0.2, 0.25) is 0 Å². The summed E-state index contributed by atoms with van der Waals surface area (Å²) >= 11 is 0. The van der Waals surface area contributed by atoms with Gasteiger partial charge in [-0.2, -0.15) is 13.2 Å². The van der Waals surface area contributed by atoms with Crippen LogP contribution >= 0.6 is 0 Å². The molecular weight excluding hydrogens is 349 g/mol. The first-order valence-electron chi connectivity index (χ1n) is 7.84. The summed E-state index contributed by atoms with van der Waals surface area (Å²) in [5, 5.41) is 0. The number of esters is 1. The second-order valence-electron chi connectivity index (χ2n) is 5.43. The third-order valence-corrected chi connectivity index (χ3v) is 3.58. The third-order valence-electron chi connectivity index (χ3n) is 3.58. The highest BCUT2D eigenvalue weighted by molar-refractivity contribution is 6.05. The molecule has 0 spiro atoms. The molecule has 0 heterocycles. The van der Waals surface area contributed by atoms with Gasteiger partial charge in [-0.3, -0.25) is 4.79 Å². The molecule has 0 N–H and O–H groups in total. The molecule has 26 heavy (non-hydrogen) atoms. The van der Waals surface area contributed by atoms with Crippen LogP contribution in [0.1, 0.15) is 45.7 Å². The zero-order valence-electron chi connectivity index (χ0n) is 14.2. The highest BCUT2D eigenvalue weighted by Gasteiger charge is 2.33. The number of carbonyl (C=O) groups is 2. The van der Waals surface area contributed by atoms with E-state index in [2.05, 4.69) is 0 Å². The SMILES string of the molecule is CCOC(=O)c1cc(OCc2ccccc2C(F)(F)F)ccc1C(C)=O. The minimum atomic E-state index is -4.49. The molecule has 138 valence electrons. The predicted octanol–water partition coefficient (Wildman–Crippen LogP) is 4.66. The third kappa shape index (κ3) is 4.62. The van der Waals surface area contributed by atoms with Crippen LogP contribution in [0.5, 0.6) is 5.75 Å². The summed E-state index contributed by atoms with van der Waals surface area (Å²) in [4.78, 5) is 23.7. The second-order valence-corrected chi connectivity index (χ2v) is 5.43. The lowest BCUT2D eigenvalue weighted by Crippen LogP contribution is -2.12. The summed E-state index contributed by atoms with van der Waals surface area (Å²) in [7, 11) is 0. The summed E-state index contributed by atoms with van der Waals surface area (Å²) in [6.07, 6.45) is -4.49. The molecule has 0 fully saturated rings. The van der Waals surface area contributed by atoms with Crippen molar-refractivity contribution >= 4 is 11.8 Å². The number of alkyl halides is 3. The lowest BCUT2D eigenvalue weighted by Gasteiger charge is -2.14. The van der Waals surface area contributed by atoms with Gasteiger partial charge in [0.2, 0.25) is 0 Å². The number of hydrogen-bond donors (Lipinski definition) is 0. The van der Waals surface area contributed by atoms with Gasteiger partial charge >= 0.3 is 12.1 Å². The van der Waals surface area contributed by atoms with Crippen molar-refractivity contribution in [3.63, 3.8) is 0 Å². The van der Waals surface area contributed by atoms with Crippen LogP contribution in [-0.4, -0.2) is 18.4 Å². The Morgan fingerprint density at radius 2 is 1.73 bits per heavy atom. The predicted molar refractivity (Wildman–Crippen MR) is 88.2 cm³/mol. The molecule has 0 aliphatic heterocycles. The van der Waals surface area contributed by atoms with Crippen molar-refractivity contribution in [3.8, 4) is 5.75 Å². The van der Waals surface area contributed by atoms with Gasteiger partial charge in [0.25, 0.3) is 0 Å². The van der Waals surface area contributed by atoms with Crippen LogP contribution in [0, 0.1) is 0 Å². The average Bonchev–Trinajstić information content (AvgIpc) is 2.59. The van der Waals surface area contributed by atoms with Crippen LogP contribution in [0.25, 0.3) is 0 Å². The number of benzene rings is 2. The summed E-state index contributed by atoms with van der Waals surface area (Å²) in [5.41, 5.74) is -0.647. The molecule has 0 aromatic heterocycles. The topological polar surface area (TPSA) is 52.6 Å². The standard InChI is InChI=1S/C19H17F3O4/c1-3-25-18(24)16-10-14(8-9-15(16)12(2)23)26-11-13-6-4-5-7-17(13)19(20,21)22/h4-10H,3,11H2,1-2H3. The van der Waals surface area contributed by atoms with Crippen molar-refractivity contribution in [2.45, 2.75) is 26.6 Å². The van der Waals surface area contributed by atoms with Crippen molar-refractivity contribution in [1.29, 1.82) is 0 Å². The molecular formula is C19H17F3O4. The van der Waals surface area contributed by atoms with E-state index >= 15 is 0 Å². The quantitative estimate of drug-likeness (QED) is 0.551. The van der Waals surface area contributed by atoms with Crippen molar-refractivity contribution < 1.29 is 32.2 Å². The van der Waals surface area contributed by atoms with E-state index in [1.165, 1.54) is 43.3 Å². The number of hydrogen-bond acceptors (Lipinski definition) is 4. The summed E-state index contributed by atoms with van der Waals surface area (Å²) in [6.45, 7) is 2.72. The maximum Gasteiger partial charge on any atom is 0.416 e. The van der Waals surface area contributed by atoms with Gasteiger partial charge in [-0.1, -0.05) is 18.2 Å². The van der Waals surface area contributed by atoms with Crippen LogP contribution in [-0.2, 0) is 17.5 Å². The summed E-state index contributed by atoms with van der Waals surface area (Å²) in [5.74, 6) is -0.865. The highest BCUT2D eigenvalue weighted by atomic mass is 19.4.